The molecule has 10 aliphatic heterocycles. The standard InChI is InChI=1S/C68H117NO56/c1-14(80)69-15(2-70)27(82)51(16(81)3-71)118-65-50(105)55(37(92)26(117-65)13-107-60-47(102)54(119-61-45(100)39(94)29(84)18(5-73)109-61)36(91)25(116-60)12-106-59-44(99)38(93)28(83)17(4-72)108-59)122-67-58(43(98)33(88)21(8-76)114-67)125-68-57(42(97)32(87)22(9-77)115-68)124-64-48(103)52(34(89)23(10-78)112-64)120-63-49(104)53(35(90)24(11-79)111-63)121-66-56(41(96)31(86)20(7-75)113-66)123-62-46(101)40(95)30(85)19(6-74)110-62/h15-68,70-79,81-105H,2-13H2,1H3,(H,69,80)/t15-,16+,17+,18+,19+,20+,21+,22+,23+,24+,25+,26+,27+,28+,29+,30+,31+,32+,33+,34+,35+,36+,37+,38-,39-,40-,41-,42-,43-,44-,45-,46+,47-,48-,49+,50-,51+,52-,53-,54-,55-,56+,57-,58-,59-,60-,61+,62+,63+,64+,65-,66+,67+,68+/m0/s1. The summed E-state index contributed by atoms with van der Waals surface area (Å²) in [5.74, 6) is -0.910. The smallest absolute Gasteiger partial charge is 0.217 e. The van der Waals surface area contributed by atoms with Gasteiger partial charge in [-0.3, -0.25) is 4.79 Å². The van der Waals surface area contributed by atoms with Crippen LogP contribution in [-0.4, -0.2) is 595 Å². The summed E-state index contributed by atoms with van der Waals surface area (Å²) >= 11 is 0. The van der Waals surface area contributed by atoms with Crippen LogP contribution in [0.1, 0.15) is 6.92 Å². The number of rotatable bonds is 36. The topological polar surface area (TPSA) is 922 Å². The number of hydrogen-bond donors (Lipinski definition) is 36. The Hall–Kier alpha value is -2.73. The molecule has 10 aliphatic rings. The normalized spacial score (nSPS) is 50.0. The van der Waals surface area contributed by atoms with Crippen LogP contribution in [-0.2, 0) is 99.5 Å². The van der Waals surface area contributed by atoms with Crippen molar-refractivity contribution >= 4 is 5.91 Å². The highest BCUT2D eigenvalue weighted by molar-refractivity contribution is 5.73. The third-order valence-electron chi connectivity index (χ3n) is 23.0. The Morgan fingerprint density at radius 1 is 0.256 bits per heavy atom. The summed E-state index contributed by atoms with van der Waals surface area (Å²) in [6.07, 6.45) is -118. The lowest BCUT2D eigenvalue weighted by Gasteiger charge is -2.51. The number of carbonyl (C=O) groups excluding carboxylic acids is 1. The zero-order valence-electron chi connectivity index (χ0n) is 65.9. The van der Waals surface area contributed by atoms with E-state index < -0.39 is 417 Å². The van der Waals surface area contributed by atoms with Gasteiger partial charge in [-0.2, -0.15) is 0 Å². The van der Waals surface area contributed by atoms with Crippen LogP contribution < -0.4 is 5.32 Å². The second kappa shape index (κ2) is 46.0. The van der Waals surface area contributed by atoms with Gasteiger partial charge in [-0.05, 0) is 0 Å². The predicted molar refractivity (Wildman–Crippen MR) is 376 cm³/mol. The SMILES string of the molecule is CC(=O)N[C@@H](CO)[C@@H](O)[C@H](O[C@@H]1O[C@H](CO[C@H]2O[C@H](CO[C@H]3O[C@H](CO)[C@@H](O)[C@H](O)[C@@H]3O)[C@@H](O)[C@H](O[C@H]3O[C@H](CO)[C@@H](O)[C@H](O)[C@@H]3O)[C@@H]2O)[C@@H](O)[C@H](O[C@H]2O[C@H](CO)[C@@H](O)[C@H](O)[C@@H]2O[C@H]2O[C@H](CO)[C@@H](O)[C@H](O)[C@@H]2O[C@H]2O[C@H](CO)[C@@H](O)[C@H](O[C@H]3O[C@H](CO)[C@@H](O)[C@H](O[C@H]4O[C@H](CO)[C@@H](O)[C@H](O)[C@H]4O[C@H]4O[C@H](CO)[C@@H](O)[C@H](O)[C@H]4O)[C@H]3O)[C@@H]2O)[C@@H]1O)[C@H](O)CO. The van der Waals surface area contributed by atoms with Gasteiger partial charge in [0.2, 0.25) is 5.91 Å². The largest absolute Gasteiger partial charge is 0.394 e. The first-order valence-electron chi connectivity index (χ1n) is 39.6. The molecular weight excluding hydrogens is 1730 g/mol. The highest BCUT2D eigenvalue weighted by atomic mass is 16.8. The first kappa shape index (κ1) is 104. The summed E-state index contributed by atoms with van der Waals surface area (Å²) in [5.41, 5.74) is 0. The average Bonchev–Trinajstić information content (AvgIpc) is 0.768. The molecule has 125 heavy (non-hydrogen) atoms. The number of carbonyl (C=O) groups is 1. The molecule has 57 nitrogen and oxygen atoms in total. The molecule has 0 unspecified atom stereocenters. The summed E-state index contributed by atoms with van der Waals surface area (Å²) < 4.78 is 116. The molecular formula is C68H117NO56. The quantitative estimate of drug-likeness (QED) is 0.0277. The molecule has 0 aromatic heterocycles. The minimum absolute atomic E-state index is 0.910. The number of aliphatic hydroxyl groups excluding tert-OH is 35. The van der Waals surface area contributed by atoms with Gasteiger partial charge in [0, 0.05) is 6.92 Å². The van der Waals surface area contributed by atoms with Gasteiger partial charge >= 0.3 is 0 Å². The Labute approximate surface area is 705 Å². The summed E-state index contributed by atoms with van der Waals surface area (Å²) in [7, 11) is 0. The summed E-state index contributed by atoms with van der Waals surface area (Å²) in [6.45, 7) is -12.9. The van der Waals surface area contributed by atoms with Crippen molar-refractivity contribution in [2.24, 2.45) is 0 Å². The molecule has 54 atom stereocenters. The number of ether oxygens (including phenoxy) is 20. The Bertz CT molecular complexity index is 3200. The predicted octanol–water partition coefficient (Wildman–Crippen LogP) is -25.2. The number of hydrogen-bond acceptors (Lipinski definition) is 56. The van der Waals surface area contributed by atoms with Crippen LogP contribution in [0.4, 0.5) is 0 Å². The zero-order valence-corrected chi connectivity index (χ0v) is 65.9. The lowest BCUT2D eigenvalue weighted by molar-refractivity contribution is -0.412. The van der Waals surface area contributed by atoms with Gasteiger partial charge in [0.05, 0.1) is 85.3 Å². The van der Waals surface area contributed by atoms with Gasteiger partial charge in [-0.15, -0.1) is 0 Å². The Kier molecular flexibility index (Phi) is 38.4. The fraction of sp³-hybridized carbons (Fsp3) is 0.985. The van der Waals surface area contributed by atoms with Crippen LogP contribution in [0, 0.1) is 0 Å². The molecule has 0 aromatic carbocycles. The maximum Gasteiger partial charge on any atom is 0.217 e. The molecule has 0 radical (unpaired) electrons. The van der Waals surface area contributed by atoms with E-state index in [2.05, 4.69) is 5.32 Å². The molecule has 57 heteroatoms. The van der Waals surface area contributed by atoms with Crippen molar-refractivity contribution in [1.82, 2.24) is 5.32 Å². The second-order valence-corrected chi connectivity index (χ2v) is 31.4. The van der Waals surface area contributed by atoms with Crippen molar-refractivity contribution in [1.29, 1.82) is 0 Å². The van der Waals surface area contributed by atoms with Crippen LogP contribution in [0.15, 0.2) is 0 Å². The van der Waals surface area contributed by atoms with Crippen LogP contribution in [0.25, 0.3) is 0 Å². The molecule has 0 aromatic rings. The van der Waals surface area contributed by atoms with Crippen molar-refractivity contribution in [3.05, 3.63) is 0 Å². The van der Waals surface area contributed by atoms with E-state index in [1.807, 2.05) is 0 Å². The van der Waals surface area contributed by atoms with E-state index in [1.165, 1.54) is 0 Å². The first-order chi connectivity index (χ1) is 59.2. The third-order valence-corrected chi connectivity index (χ3v) is 23.0. The van der Waals surface area contributed by atoms with Gasteiger partial charge in [0.15, 0.2) is 62.9 Å². The highest BCUT2D eigenvalue weighted by Gasteiger charge is 2.62. The summed E-state index contributed by atoms with van der Waals surface area (Å²) in [5, 5.41) is 389. The van der Waals surface area contributed by atoms with Gasteiger partial charge in [0.1, 0.15) is 262 Å². The average molecular weight is 1840 g/mol. The second-order valence-electron chi connectivity index (χ2n) is 31.4. The highest BCUT2D eigenvalue weighted by Crippen LogP contribution is 2.41. The van der Waals surface area contributed by atoms with Crippen molar-refractivity contribution < 1.29 is 278 Å². The van der Waals surface area contributed by atoms with Gasteiger partial charge in [0.25, 0.3) is 0 Å². The molecule has 10 rings (SSSR count). The molecule has 0 saturated carbocycles. The van der Waals surface area contributed by atoms with Gasteiger partial charge in [-0.25, -0.2) is 0 Å². The lowest BCUT2D eigenvalue weighted by atomic mass is 9.95. The van der Waals surface area contributed by atoms with Crippen molar-refractivity contribution in [2.75, 3.05) is 79.3 Å². The van der Waals surface area contributed by atoms with E-state index in [0.29, 0.717) is 0 Å². The molecule has 730 valence electrons. The lowest BCUT2D eigenvalue weighted by Crippen LogP contribution is -2.69. The minimum atomic E-state index is -2.66. The molecule has 10 saturated heterocycles. The van der Waals surface area contributed by atoms with E-state index >= 15 is 0 Å². The van der Waals surface area contributed by atoms with Crippen LogP contribution in [0.3, 0.4) is 0 Å². The molecule has 10 fully saturated rings. The maximum absolute atomic E-state index is 12.5. The fourth-order valence-electron chi connectivity index (χ4n) is 15.7. The van der Waals surface area contributed by atoms with Gasteiger partial charge < -0.3 is 279 Å². The summed E-state index contributed by atoms with van der Waals surface area (Å²) in [6, 6.07) is -1.80. The van der Waals surface area contributed by atoms with E-state index in [-0.39, 0.29) is 0 Å². The van der Waals surface area contributed by atoms with Gasteiger partial charge in [-0.1, -0.05) is 0 Å². The Morgan fingerprint density at radius 3 is 0.792 bits per heavy atom. The van der Waals surface area contributed by atoms with E-state index in [4.69, 9.17) is 94.7 Å². The minimum Gasteiger partial charge on any atom is -0.394 e. The summed E-state index contributed by atoms with van der Waals surface area (Å²) in [4.78, 5) is 12.3. The van der Waals surface area contributed by atoms with Crippen molar-refractivity contribution in [3.8, 4) is 0 Å². The number of aliphatic hydroxyl groups is 35. The molecule has 1 amide bonds. The van der Waals surface area contributed by atoms with Crippen LogP contribution in [0.2, 0.25) is 0 Å². The molecule has 0 bridgehead atoms. The third kappa shape index (κ3) is 22.8. The van der Waals surface area contributed by atoms with Crippen molar-refractivity contribution in [2.45, 2.75) is 338 Å². The molecule has 0 aliphatic carbocycles. The number of nitrogens with one attached hydrogen (secondary N) is 1. The van der Waals surface area contributed by atoms with E-state index in [9.17, 15) is 184 Å². The Balaban J connectivity index is 0.937. The number of amides is 1. The van der Waals surface area contributed by atoms with Crippen molar-refractivity contribution in [3.63, 3.8) is 0 Å². The fourth-order valence-corrected chi connectivity index (χ4v) is 15.7. The monoisotopic (exact) mass is 1840 g/mol. The maximum atomic E-state index is 12.5. The van der Waals surface area contributed by atoms with Crippen LogP contribution in [0.5, 0.6) is 0 Å². The van der Waals surface area contributed by atoms with Crippen LogP contribution >= 0.6 is 0 Å². The molecule has 10 heterocycles. The van der Waals surface area contributed by atoms with E-state index in [0.717, 1.165) is 6.92 Å². The zero-order chi connectivity index (χ0) is 92.1. The Morgan fingerprint density at radius 2 is 0.480 bits per heavy atom. The molecule has 0 spiro atoms. The molecule has 36 N–H and O–H groups in total. The first-order valence-corrected chi connectivity index (χ1v) is 39.6. The van der Waals surface area contributed by atoms with E-state index in [1.54, 1.807) is 0 Å².